The topological polar surface area (TPSA) is 90.2 Å². The molecule has 6 aromatic carbocycles. The number of pyridine rings is 1. The molecular formula is C57H43N7. The van der Waals surface area contributed by atoms with Crippen LogP contribution in [-0.4, -0.2) is 34.9 Å². The van der Waals surface area contributed by atoms with Crippen molar-refractivity contribution in [3.05, 3.63) is 187 Å². The van der Waals surface area contributed by atoms with Crippen LogP contribution in [0.1, 0.15) is 43.2 Å². The first-order valence-corrected chi connectivity index (χ1v) is 22.7. The summed E-state index contributed by atoms with van der Waals surface area (Å²) in [5.41, 5.74) is 12.7. The molecular weight excluding hydrogens is 783 g/mol. The van der Waals surface area contributed by atoms with Crippen LogP contribution in [0.5, 0.6) is 0 Å². The van der Waals surface area contributed by atoms with Crippen molar-refractivity contribution in [2.45, 2.75) is 37.5 Å². The summed E-state index contributed by atoms with van der Waals surface area (Å²) in [5, 5.41) is 0. The number of rotatable bonds is 7. The van der Waals surface area contributed by atoms with Crippen LogP contribution in [0, 0.1) is 23.7 Å². The minimum atomic E-state index is 0.0164. The number of fused-ring (bicyclic) bond motifs is 3. The summed E-state index contributed by atoms with van der Waals surface area (Å²) in [7, 11) is 0. The molecule has 7 nitrogen and oxygen atoms in total. The first-order valence-electron chi connectivity index (χ1n) is 22.7. The van der Waals surface area contributed by atoms with Crippen molar-refractivity contribution in [2.75, 3.05) is 0 Å². The second-order valence-electron chi connectivity index (χ2n) is 18.2. The van der Waals surface area contributed by atoms with E-state index in [1.54, 1.807) is 0 Å². The van der Waals surface area contributed by atoms with Crippen LogP contribution in [0.2, 0.25) is 0 Å². The average Bonchev–Trinajstić information content (AvgIpc) is 3.66. The maximum absolute atomic E-state index is 5.51. The maximum atomic E-state index is 5.51. The first kappa shape index (κ1) is 37.1. The van der Waals surface area contributed by atoms with E-state index in [4.69, 9.17) is 34.9 Å². The van der Waals surface area contributed by atoms with Gasteiger partial charge in [-0.05, 0) is 96.2 Å². The average molecular weight is 826 g/mol. The van der Waals surface area contributed by atoms with E-state index >= 15 is 0 Å². The number of nitrogens with zero attached hydrogens (tertiary/aromatic N) is 7. The molecule has 7 heteroatoms. The van der Waals surface area contributed by atoms with Gasteiger partial charge >= 0.3 is 0 Å². The van der Waals surface area contributed by atoms with Gasteiger partial charge in [0.05, 0.1) is 5.69 Å². The van der Waals surface area contributed by atoms with Crippen LogP contribution in [0.4, 0.5) is 0 Å². The molecule has 0 unspecified atom stereocenters. The molecule has 0 N–H and O–H groups in total. The molecule has 0 atom stereocenters. The third-order valence-corrected chi connectivity index (χ3v) is 14.6. The van der Waals surface area contributed by atoms with Crippen molar-refractivity contribution < 1.29 is 0 Å². The van der Waals surface area contributed by atoms with Gasteiger partial charge in [-0.15, -0.1) is 0 Å². The summed E-state index contributed by atoms with van der Waals surface area (Å²) in [4.78, 5) is 36.3. The Hall–Kier alpha value is -7.51. The Labute approximate surface area is 372 Å². The summed E-state index contributed by atoms with van der Waals surface area (Å²) >= 11 is 0. The van der Waals surface area contributed by atoms with Crippen molar-refractivity contribution in [1.82, 2.24) is 34.9 Å². The van der Waals surface area contributed by atoms with E-state index in [9.17, 15) is 0 Å². The van der Waals surface area contributed by atoms with Gasteiger partial charge in [0, 0.05) is 38.8 Å². The lowest BCUT2D eigenvalue weighted by atomic mass is 9.43. The van der Waals surface area contributed by atoms with Gasteiger partial charge < -0.3 is 0 Å². The summed E-state index contributed by atoms with van der Waals surface area (Å²) in [6, 6.07) is 61.0. The second kappa shape index (κ2) is 14.8. The molecule has 4 bridgehead atoms. The van der Waals surface area contributed by atoms with Crippen molar-refractivity contribution >= 4 is 0 Å². The van der Waals surface area contributed by atoms with Crippen LogP contribution in [-0.2, 0) is 5.41 Å². The van der Waals surface area contributed by atoms with Gasteiger partial charge in [0.15, 0.2) is 34.9 Å². The van der Waals surface area contributed by atoms with E-state index < -0.39 is 0 Å². The molecule has 0 amide bonds. The molecule has 306 valence electrons. The molecule has 5 aliphatic rings. The largest absolute Gasteiger partial charge is 0.244 e. The molecule has 0 saturated heterocycles. The lowest BCUT2D eigenvalue weighted by molar-refractivity contribution is -0.0399. The first-order chi connectivity index (χ1) is 31.6. The molecule has 3 heterocycles. The zero-order valence-electron chi connectivity index (χ0n) is 35.2. The maximum Gasteiger partial charge on any atom is 0.182 e. The number of benzene rings is 6. The summed E-state index contributed by atoms with van der Waals surface area (Å²) in [5.74, 6) is 6.38. The Bertz CT molecular complexity index is 2940. The van der Waals surface area contributed by atoms with Gasteiger partial charge in [-0.25, -0.2) is 34.9 Å². The Morgan fingerprint density at radius 3 is 1.20 bits per heavy atom. The molecule has 0 aliphatic heterocycles. The Balaban J connectivity index is 1.04. The summed E-state index contributed by atoms with van der Waals surface area (Å²) < 4.78 is 0. The van der Waals surface area contributed by atoms with Crippen molar-refractivity contribution in [3.63, 3.8) is 0 Å². The van der Waals surface area contributed by atoms with Crippen molar-refractivity contribution in [3.8, 4) is 90.8 Å². The minimum absolute atomic E-state index is 0.0164. The third kappa shape index (κ3) is 6.05. The second-order valence-corrected chi connectivity index (χ2v) is 18.2. The molecule has 14 rings (SSSR count). The summed E-state index contributed by atoms with van der Waals surface area (Å²) in [6.07, 6.45) is 6.71. The monoisotopic (exact) mass is 825 g/mol. The highest BCUT2D eigenvalue weighted by molar-refractivity contribution is 5.85. The lowest BCUT2D eigenvalue weighted by Gasteiger charge is -2.61. The highest BCUT2D eigenvalue weighted by atomic mass is 15.1. The molecule has 1 spiro atoms. The zero-order valence-corrected chi connectivity index (χ0v) is 35.2. The fourth-order valence-corrected chi connectivity index (χ4v) is 12.1. The highest BCUT2D eigenvalue weighted by Crippen LogP contribution is 2.69. The van der Waals surface area contributed by atoms with Crippen LogP contribution in [0.15, 0.2) is 176 Å². The van der Waals surface area contributed by atoms with Crippen LogP contribution >= 0.6 is 0 Å². The molecule has 4 saturated carbocycles. The van der Waals surface area contributed by atoms with Gasteiger partial charge in [0.25, 0.3) is 0 Å². The van der Waals surface area contributed by atoms with Gasteiger partial charge in [-0.2, -0.15) is 0 Å². The van der Waals surface area contributed by atoms with E-state index in [1.807, 2.05) is 127 Å². The van der Waals surface area contributed by atoms with Crippen molar-refractivity contribution in [2.24, 2.45) is 23.7 Å². The molecule has 3 aromatic heterocycles. The van der Waals surface area contributed by atoms with Crippen LogP contribution < -0.4 is 0 Å². The Kier molecular flexibility index (Phi) is 8.58. The third-order valence-electron chi connectivity index (χ3n) is 14.6. The Morgan fingerprint density at radius 1 is 0.297 bits per heavy atom. The number of hydrogen-bond donors (Lipinski definition) is 0. The van der Waals surface area contributed by atoms with Gasteiger partial charge in [-0.1, -0.05) is 158 Å². The fourth-order valence-electron chi connectivity index (χ4n) is 12.1. The van der Waals surface area contributed by atoms with E-state index in [0.717, 1.165) is 50.9 Å². The van der Waals surface area contributed by atoms with Gasteiger partial charge in [0.2, 0.25) is 0 Å². The molecule has 5 aliphatic carbocycles. The highest BCUT2D eigenvalue weighted by Gasteiger charge is 2.61. The molecule has 64 heavy (non-hydrogen) atoms. The number of hydrogen-bond acceptors (Lipinski definition) is 7. The van der Waals surface area contributed by atoms with Gasteiger partial charge in [0.1, 0.15) is 5.69 Å². The quantitative estimate of drug-likeness (QED) is 0.158. The predicted molar refractivity (Wildman–Crippen MR) is 252 cm³/mol. The van der Waals surface area contributed by atoms with Crippen molar-refractivity contribution in [1.29, 1.82) is 0 Å². The molecule has 9 aromatic rings. The van der Waals surface area contributed by atoms with E-state index in [2.05, 4.69) is 48.5 Å². The minimum Gasteiger partial charge on any atom is -0.244 e. The zero-order chi connectivity index (χ0) is 42.2. The molecule has 0 radical (unpaired) electrons. The normalized spacial score (nSPS) is 21.2. The lowest BCUT2D eigenvalue weighted by Crippen LogP contribution is -2.55. The standard InChI is InChI=1S/C57H43N7/c1-5-15-37(16-6-1)51-59-52(38-17-7-2-8-18-38)62-55(61-51)42-33-49(58-50(34-42)56-63-53(39-19-9-3-10-20-39)60-54(64-56)40-21-11-4-12-22-40)41-25-26-46-45-23-13-14-24-47(45)57(48(46)32-41)43-28-35-27-36(30-43)31-44(57)29-35/h1-26,32-36,43-44H,27-31H2. The van der Waals surface area contributed by atoms with Crippen LogP contribution in [0.3, 0.4) is 0 Å². The fraction of sp³-hybridized carbons (Fsp3) is 0.175. The van der Waals surface area contributed by atoms with E-state index in [-0.39, 0.29) is 5.41 Å². The SMILES string of the molecule is c1ccc(-c2nc(-c3ccccc3)nc(-c3cc(-c4ccc5c(c4)C4(c6ccccc6-5)C5CC6CC(C5)CC4C6)nc(-c4nc(-c5ccccc5)nc(-c5ccccc5)n4)c3)n2)cc1. The smallest absolute Gasteiger partial charge is 0.182 e. The van der Waals surface area contributed by atoms with E-state index in [0.29, 0.717) is 52.5 Å². The van der Waals surface area contributed by atoms with Gasteiger partial charge in [-0.3, -0.25) is 0 Å². The Morgan fingerprint density at radius 2 is 0.703 bits per heavy atom. The number of aromatic nitrogens is 7. The molecule has 4 fully saturated rings. The predicted octanol–water partition coefficient (Wildman–Crippen LogP) is 12.8. The van der Waals surface area contributed by atoms with E-state index in [1.165, 1.54) is 54.4 Å². The van der Waals surface area contributed by atoms with Crippen LogP contribution in [0.25, 0.3) is 90.8 Å². The summed E-state index contributed by atoms with van der Waals surface area (Å²) in [6.45, 7) is 0.